The summed E-state index contributed by atoms with van der Waals surface area (Å²) in [6.45, 7) is 1.82. The zero-order valence-electron chi connectivity index (χ0n) is 12.7. The zero-order valence-corrected chi connectivity index (χ0v) is 13.5. The van der Waals surface area contributed by atoms with E-state index in [0.717, 1.165) is 12.1 Å². The summed E-state index contributed by atoms with van der Waals surface area (Å²) in [4.78, 5) is 9.12. The number of hydrogen-bond donors (Lipinski definition) is 0. The van der Waals surface area contributed by atoms with Crippen LogP contribution in [0.15, 0.2) is 53.6 Å². The number of nitrogens with zero attached hydrogens (tertiary/aromatic N) is 2. The second-order valence-electron chi connectivity index (χ2n) is 5.09. The van der Waals surface area contributed by atoms with Crippen molar-refractivity contribution < 1.29 is 17.4 Å². The van der Waals surface area contributed by atoms with Crippen LogP contribution in [0.4, 0.5) is 13.2 Å². The highest BCUT2D eigenvalue weighted by molar-refractivity contribution is 7.85. The lowest BCUT2D eigenvalue weighted by atomic mass is 10.1. The molecular weight excluding hydrogens is 337 g/mol. The van der Waals surface area contributed by atoms with Gasteiger partial charge in [0.1, 0.15) is 0 Å². The van der Waals surface area contributed by atoms with E-state index in [-0.39, 0.29) is 5.52 Å². The molecule has 0 N–H and O–H groups in total. The lowest BCUT2D eigenvalue weighted by Crippen LogP contribution is -2.05. The molecule has 3 rings (SSSR count). The van der Waals surface area contributed by atoms with Gasteiger partial charge in [-0.3, -0.25) is 9.19 Å². The number of rotatable bonds is 3. The van der Waals surface area contributed by atoms with Crippen LogP contribution < -0.4 is 0 Å². The Hall–Kier alpha value is -2.28. The van der Waals surface area contributed by atoms with E-state index in [1.807, 2.05) is 6.92 Å². The number of fused-ring (bicyclic) bond motifs is 1. The minimum atomic E-state index is -4.42. The van der Waals surface area contributed by atoms with Crippen LogP contribution in [0.5, 0.6) is 0 Å². The highest BCUT2D eigenvalue weighted by Crippen LogP contribution is 2.31. The van der Waals surface area contributed by atoms with E-state index in [9.17, 15) is 17.4 Å². The van der Waals surface area contributed by atoms with Crippen molar-refractivity contribution in [2.45, 2.75) is 18.0 Å². The van der Waals surface area contributed by atoms with Crippen molar-refractivity contribution in [1.82, 2.24) is 9.97 Å². The number of hydrogen-bond acceptors (Lipinski definition) is 3. The second kappa shape index (κ2) is 6.32. The zero-order chi connectivity index (χ0) is 17.3. The van der Waals surface area contributed by atoms with E-state index < -0.39 is 22.5 Å². The van der Waals surface area contributed by atoms with Gasteiger partial charge in [0.15, 0.2) is 0 Å². The van der Waals surface area contributed by atoms with Gasteiger partial charge in [0.25, 0.3) is 0 Å². The smallest absolute Gasteiger partial charge is 0.254 e. The van der Waals surface area contributed by atoms with Gasteiger partial charge in [-0.25, -0.2) is 4.98 Å². The summed E-state index contributed by atoms with van der Waals surface area (Å²) in [5.74, 6) is 0.465. The van der Waals surface area contributed by atoms with Crippen molar-refractivity contribution in [2.75, 3.05) is 5.75 Å². The fraction of sp³-hybridized carbons (Fsp3) is 0.176. The van der Waals surface area contributed by atoms with E-state index in [1.165, 1.54) is 12.3 Å². The van der Waals surface area contributed by atoms with E-state index in [2.05, 4.69) is 9.97 Å². The van der Waals surface area contributed by atoms with Gasteiger partial charge in [-0.1, -0.05) is 25.1 Å². The Kier molecular flexibility index (Phi) is 4.36. The molecule has 0 aliphatic rings. The van der Waals surface area contributed by atoms with Crippen LogP contribution >= 0.6 is 0 Å². The van der Waals surface area contributed by atoms with Crippen LogP contribution in [0.25, 0.3) is 22.3 Å². The predicted octanol–water partition coefficient (Wildman–Crippen LogP) is 4.44. The minimum absolute atomic E-state index is 0.169. The molecule has 0 saturated carbocycles. The molecule has 0 fully saturated rings. The number of aromatic nitrogens is 2. The molecule has 0 spiro atoms. The van der Waals surface area contributed by atoms with E-state index >= 15 is 0 Å². The van der Waals surface area contributed by atoms with Crippen LogP contribution in [0.1, 0.15) is 12.5 Å². The molecule has 0 saturated heterocycles. The molecule has 1 aromatic heterocycles. The Balaban J connectivity index is 2.11. The molecule has 0 aliphatic heterocycles. The van der Waals surface area contributed by atoms with Crippen LogP contribution in [-0.2, 0) is 17.0 Å². The number of alkyl halides is 3. The lowest BCUT2D eigenvalue weighted by molar-refractivity contribution is -0.137. The summed E-state index contributed by atoms with van der Waals surface area (Å²) in [7, 11) is -1.17. The highest BCUT2D eigenvalue weighted by atomic mass is 32.2. The lowest BCUT2D eigenvalue weighted by Gasteiger charge is -2.10. The minimum Gasteiger partial charge on any atom is -0.254 e. The molecule has 24 heavy (non-hydrogen) atoms. The normalized spacial score (nSPS) is 13.2. The molecule has 1 atom stereocenters. The van der Waals surface area contributed by atoms with Gasteiger partial charge in [-0.2, -0.15) is 13.2 Å². The van der Waals surface area contributed by atoms with E-state index in [4.69, 9.17) is 0 Å². The van der Waals surface area contributed by atoms with Gasteiger partial charge in [0.05, 0.1) is 39.3 Å². The SMILES string of the molecule is CC[S@@](=O)c1ccccc1-c1cnc2cc(C(F)(F)F)ccc2n1. The molecule has 3 aromatic rings. The largest absolute Gasteiger partial charge is 0.416 e. The fourth-order valence-electron chi connectivity index (χ4n) is 2.35. The van der Waals surface area contributed by atoms with Crippen LogP contribution in [0.3, 0.4) is 0 Å². The van der Waals surface area contributed by atoms with Crippen LogP contribution in [0, 0.1) is 0 Å². The molecule has 3 nitrogen and oxygen atoms in total. The molecule has 0 bridgehead atoms. The highest BCUT2D eigenvalue weighted by Gasteiger charge is 2.30. The summed E-state index contributed by atoms with van der Waals surface area (Å²) in [6, 6.07) is 10.4. The topological polar surface area (TPSA) is 42.9 Å². The van der Waals surface area contributed by atoms with E-state index in [1.54, 1.807) is 24.3 Å². The van der Waals surface area contributed by atoms with Gasteiger partial charge in [0, 0.05) is 16.2 Å². The molecule has 124 valence electrons. The molecule has 0 amide bonds. The van der Waals surface area contributed by atoms with Crippen molar-refractivity contribution >= 4 is 21.8 Å². The Morgan fingerprint density at radius 3 is 2.54 bits per heavy atom. The van der Waals surface area contributed by atoms with Crippen molar-refractivity contribution in [3.8, 4) is 11.3 Å². The summed E-state index contributed by atoms with van der Waals surface area (Å²) in [6.07, 6.45) is -3.01. The Bertz CT molecular complexity index is 925. The molecule has 0 unspecified atom stereocenters. The Labute approximate surface area is 139 Å². The summed E-state index contributed by atoms with van der Waals surface area (Å²) >= 11 is 0. The first-order valence-corrected chi connectivity index (χ1v) is 8.54. The third-order valence-electron chi connectivity index (χ3n) is 3.54. The molecule has 7 heteroatoms. The average molecular weight is 350 g/mol. The molecular formula is C17H13F3N2OS. The summed E-state index contributed by atoms with van der Waals surface area (Å²) in [5, 5.41) is 0. The molecule has 2 aromatic carbocycles. The van der Waals surface area contributed by atoms with Crippen LogP contribution in [0.2, 0.25) is 0 Å². The first kappa shape index (κ1) is 16.6. The van der Waals surface area contributed by atoms with Crippen molar-refractivity contribution in [3.63, 3.8) is 0 Å². The third kappa shape index (κ3) is 3.17. The average Bonchev–Trinajstić information content (AvgIpc) is 2.59. The van der Waals surface area contributed by atoms with Crippen molar-refractivity contribution in [1.29, 1.82) is 0 Å². The third-order valence-corrected chi connectivity index (χ3v) is 4.91. The Morgan fingerprint density at radius 1 is 1.08 bits per heavy atom. The molecule has 0 aliphatic carbocycles. The van der Waals surface area contributed by atoms with Gasteiger partial charge in [0.2, 0.25) is 0 Å². The summed E-state index contributed by atoms with van der Waals surface area (Å²) < 4.78 is 50.4. The first-order valence-electron chi connectivity index (χ1n) is 7.22. The fourth-order valence-corrected chi connectivity index (χ4v) is 3.31. The monoisotopic (exact) mass is 350 g/mol. The predicted molar refractivity (Wildman–Crippen MR) is 86.9 cm³/mol. The van der Waals surface area contributed by atoms with Crippen molar-refractivity contribution in [2.24, 2.45) is 0 Å². The van der Waals surface area contributed by atoms with Gasteiger partial charge >= 0.3 is 6.18 Å². The molecule has 0 radical (unpaired) electrons. The van der Waals surface area contributed by atoms with Gasteiger partial charge in [-0.15, -0.1) is 0 Å². The standard InChI is InChI=1S/C17H13F3N2OS/c1-2-24(23)16-6-4-3-5-12(16)15-10-21-14-9-11(17(18,19)20)7-8-13(14)22-15/h3-10H,2H2,1H3/t24-/m1/s1. The number of halogens is 3. The Morgan fingerprint density at radius 2 is 1.83 bits per heavy atom. The van der Waals surface area contributed by atoms with Gasteiger partial charge in [-0.05, 0) is 24.3 Å². The maximum absolute atomic E-state index is 12.8. The maximum Gasteiger partial charge on any atom is 0.416 e. The van der Waals surface area contributed by atoms with Crippen LogP contribution in [-0.4, -0.2) is 19.9 Å². The van der Waals surface area contributed by atoms with Crippen molar-refractivity contribution in [3.05, 3.63) is 54.2 Å². The second-order valence-corrected chi connectivity index (χ2v) is 6.80. The quantitative estimate of drug-likeness (QED) is 0.701. The maximum atomic E-state index is 12.8. The first-order chi connectivity index (χ1) is 11.4. The number of benzene rings is 2. The summed E-state index contributed by atoms with van der Waals surface area (Å²) in [5.41, 5.74) is 0.927. The van der Waals surface area contributed by atoms with Gasteiger partial charge < -0.3 is 0 Å². The molecule has 1 heterocycles. The van der Waals surface area contributed by atoms with E-state index in [0.29, 0.717) is 27.4 Å².